The maximum absolute atomic E-state index is 12.1. The Balaban J connectivity index is 4.92. The molecule has 0 saturated heterocycles. The first-order valence-corrected chi connectivity index (χ1v) is 6.89. The normalized spacial score (nSPS) is 14.2. The summed E-state index contributed by atoms with van der Waals surface area (Å²) in [4.78, 5) is 23.7. The van der Waals surface area contributed by atoms with Crippen LogP contribution in [-0.4, -0.2) is 36.9 Å². The van der Waals surface area contributed by atoms with Crippen molar-refractivity contribution in [2.24, 2.45) is 11.3 Å². The highest BCUT2D eigenvalue weighted by Crippen LogP contribution is 2.34. The topological polar surface area (TPSA) is 72.8 Å². The maximum atomic E-state index is 12.1. The Morgan fingerprint density at radius 1 is 1.21 bits per heavy atom. The predicted octanol–water partition coefficient (Wildman–Crippen LogP) is 2.48. The van der Waals surface area contributed by atoms with Crippen molar-refractivity contribution in [1.29, 1.82) is 0 Å². The third-order valence-electron chi connectivity index (χ3n) is 2.93. The Morgan fingerprint density at radius 3 is 2.26 bits per heavy atom. The molecule has 19 heavy (non-hydrogen) atoms. The van der Waals surface area contributed by atoms with E-state index in [1.807, 2.05) is 20.8 Å². The van der Waals surface area contributed by atoms with Gasteiger partial charge in [-0.15, -0.1) is 0 Å². The van der Waals surface area contributed by atoms with Crippen molar-refractivity contribution in [3.8, 4) is 0 Å². The van der Waals surface area contributed by atoms with Crippen LogP contribution >= 0.6 is 0 Å². The molecule has 0 rings (SSSR count). The van der Waals surface area contributed by atoms with E-state index < -0.39 is 17.4 Å². The standard InChI is InChI=1S/C14H26O5/c1-5-18-9-7-8-14(12(15)16,10-11(3)4)13(17)19-6-2/h11H,5-10H2,1-4H3,(H,15,16). The summed E-state index contributed by atoms with van der Waals surface area (Å²) in [6, 6.07) is 0. The van der Waals surface area contributed by atoms with Gasteiger partial charge in [0.1, 0.15) is 0 Å². The minimum Gasteiger partial charge on any atom is -0.480 e. The van der Waals surface area contributed by atoms with Crippen LogP contribution in [0, 0.1) is 11.3 Å². The molecule has 0 radical (unpaired) electrons. The predicted molar refractivity (Wildman–Crippen MR) is 71.9 cm³/mol. The number of esters is 1. The molecule has 0 bridgehead atoms. The molecule has 0 amide bonds. The van der Waals surface area contributed by atoms with Crippen LogP contribution in [0.15, 0.2) is 0 Å². The first-order valence-electron chi connectivity index (χ1n) is 6.89. The molecule has 0 aromatic rings. The van der Waals surface area contributed by atoms with E-state index in [1.54, 1.807) is 6.92 Å². The monoisotopic (exact) mass is 274 g/mol. The third kappa shape index (κ3) is 5.59. The van der Waals surface area contributed by atoms with E-state index in [2.05, 4.69) is 0 Å². The van der Waals surface area contributed by atoms with Crippen LogP contribution in [0.2, 0.25) is 0 Å². The maximum Gasteiger partial charge on any atom is 0.323 e. The SMILES string of the molecule is CCOCCCC(CC(C)C)(C(=O)O)C(=O)OCC. The van der Waals surface area contributed by atoms with Crippen molar-refractivity contribution in [2.75, 3.05) is 19.8 Å². The number of hydrogen-bond acceptors (Lipinski definition) is 4. The fourth-order valence-electron chi connectivity index (χ4n) is 2.16. The largest absolute Gasteiger partial charge is 0.480 e. The number of ether oxygens (including phenoxy) is 2. The van der Waals surface area contributed by atoms with E-state index in [9.17, 15) is 14.7 Å². The lowest BCUT2D eigenvalue weighted by molar-refractivity contribution is -0.171. The number of rotatable bonds is 10. The second-order valence-electron chi connectivity index (χ2n) is 5.01. The van der Waals surface area contributed by atoms with Gasteiger partial charge in [-0.25, -0.2) is 0 Å². The molecule has 5 nitrogen and oxygen atoms in total. The lowest BCUT2D eigenvalue weighted by Gasteiger charge is -2.28. The van der Waals surface area contributed by atoms with Crippen LogP contribution in [0.4, 0.5) is 0 Å². The highest BCUT2D eigenvalue weighted by atomic mass is 16.5. The van der Waals surface area contributed by atoms with Gasteiger partial charge in [0.15, 0.2) is 5.41 Å². The van der Waals surface area contributed by atoms with Gasteiger partial charge in [0.25, 0.3) is 0 Å². The summed E-state index contributed by atoms with van der Waals surface area (Å²) in [6.07, 6.45) is 1.07. The molecule has 0 aromatic heterocycles. The van der Waals surface area contributed by atoms with Gasteiger partial charge in [0, 0.05) is 13.2 Å². The van der Waals surface area contributed by atoms with Crippen LogP contribution in [0.25, 0.3) is 0 Å². The van der Waals surface area contributed by atoms with Gasteiger partial charge in [-0.1, -0.05) is 13.8 Å². The van der Waals surface area contributed by atoms with Crippen LogP contribution in [0.5, 0.6) is 0 Å². The first kappa shape index (κ1) is 17.9. The van der Waals surface area contributed by atoms with Crippen molar-refractivity contribution in [1.82, 2.24) is 0 Å². The number of carbonyl (C=O) groups excluding carboxylic acids is 1. The summed E-state index contributed by atoms with van der Waals surface area (Å²) >= 11 is 0. The summed E-state index contributed by atoms with van der Waals surface area (Å²) in [5.41, 5.74) is -1.44. The van der Waals surface area contributed by atoms with Gasteiger partial charge in [0.2, 0.25) is 0 Å². The van der Waals surface area contributed by atoms with Gasteiger partial charge in [-0.3, -0.25) is 9.59 Å². The molecule has 0 fully saturated rings. The Labute approximate surface area is 115 Å². The molecule has 0 aliphatic rings. The lowest BCUT2D eigenvalue weighted by atomic mass is 9.76. The molecule has 0 aromatic carbocycles. The Bertz CT molecular complexity index is 288. The molecule has 0 saturated carbocycles. The molecular formula is C14H26O5. The smallest absolute Gasteiger partial charge is 0.323 e. The zero-order valence-corrected chi connectivity index (χ0v) is 12.4. The number of hydrogen-bond donors (Lipinski definition) is 1. The second kappa shape index (κ2) is 8.91. The minimum atomic E-state index is -1.44. The van der Waals surface area contributed by atoms with Gasteiger partial charge >= 0.3 is 11.9 Å². The fourth-order valence-corrected chi connectivity index (χ4v) is 2.16. The van der Waals surface area contributed by atoms with Gasteiger partial charge in [0.05, 0.1) is 6.61 Å². The van der Waals surface area contributed by atoms with E-state index in [0.717, 1.165) is 0 Å². The van der Waals surface area contributed by atoms with Gasteiger partial charge < -0.3 is 14.6 Å². The zero-order valence-electron chi connectivity index (χ0n) is 12.4. The fraction of sp³-hybridized carbons (Fsp3) is 0.857. The Morgan fingerprint density at radius 2 is 1.84 bits per heavy atom. The third-order valence-corrected chi connectivity index (χ3v) is 2.93. The molecule has 5 heteroatoms. The Hall–Kier alpha value is -1.10. The van der Waals surface area contributed by atoms with Crippen molar-refractivity contribution in [3.63, 3.8) is 0 Å². The summed E-state index contributed by atoms with van der Waals surface area (Å²) in [7, 11) is 0. The van der Waals surface area contributed by atoms with E-state index in [-0.39, 0.29) is 25.4 Å². The summed E-state index contributed by atoms with van der Waals surface area (Å²) in [5, 5.41) is 9.48. The van der Waals surface area contributed by atoms with E-state index in [4.69, 9.17) is 9.47 Å². The minimum absolute atomic E-state index is 0.104. The van der Waals surface area contributed by atoms with Crippen LogP contribution in [-0.2, 0) is 19.1 Å². The molecule has 1 unspecified atom stereocenters. The molecular weight excluding hydrogens is 248 g/mol. The van der Waals surface area contributed by atoms with E-state index in [0.29, 0.717) is 19.6 Å². The van der Waals surface area contributed by atoms with Crippen LogP contribution in [0.1, 0.15) is 47.0 Å². The van der Waals surface area contributed by atoms with Crippen molar-refractivity contribution >= 4 is 11.9 Å². The number of carboxylic acid groups (broad SMARTS) is 1. The van der Waals surface area contributed by atoms with Crippen LogP contribution < -0.4 is 0 Å². The van der Waals surface area contributed by atoms with E-state index in [1.165, 1.54) is 0 Å². The molecule has 1 N–H and O–H groups in total. The van der Waals surface area contributed by atoms with Crippen molar-refractivity contribution in [2.45, 2.75) is 47.0 Å². The molecule has 112 valence electrons. The number of aliphatic carboxylic acids is 1. The molecule has 0 heterocycles. The van der Waals surface area contributed by atoms with Crippen LogP contribution in [0.3, 0.4) is 0 Å². The number of carbonyl (C=O) groups is 2. The Kier molecular flexibility index (Phi) is 8.39. The van der Waals surface area contributed by atoms with Gasteiger partial charge in [-0.2, -0.15) is 0 Å². The second-order valence-corrected chi connectivity index (χ2v) is 5.01. The summed E-state index contributed by atoms with van der Waals surface area (Å²) in [6.45, 7) is 8.60. The van der Waals surface area contributed by atoms with E-state index >= 15 is 0 Å². The van der Waals surface area contributed by atoms with Crippen molar-refractivity contribution in [3.05, 3.63) is 0 Å². The quantitative estimate of drug-likeness (QED) is 0.376. The highest BCUT2D eigenvalue weighted by Gasteiger charge is 2.47. The highest BCUT2D eigenvalue weighted by molar-refractivity contribution is 5.99. The molecule has 0 aliphatic heterocycles. The average molecular weight is 274 g/mol. The summed E-state index contributed by atoms with van der Waals surface area (Å²) in [5.74, 6) is -1.63. The lowest BCUT2D eigenvalue weighted by Crippen LogP contribution is -2.42. The van der Waals surface area contributed by atoms with Crippen molar-refractivity contribution < 1.29 is 24.2 Å². The molecule has 1 atom stereocenters. The first-order chi connectivity index (χ1) is 8.90. The molecule has 0 spiro atoms. The average Bonchev–Trinajstić information content (AvgIpc) is 2.32. The zero-order chi connectivity index (χ0) is 14.9. The molecule has 0 aliphatic carbocycles. The summed E-state index contributed by atoms with van der Waals surface area (Å²) < 4.78 is 10.2. The van der Waals surface area contributed by atoms with Gasteiger partial charge in [-0.05, 0) is 39.0 Å². The number of carboxylic acids is 1.